The van der Waals surface area contributed by atoms with Gasteiger partial charge >= 0.3 is 0 Å². The molecule has 2 heterocycles. The Balaban J connectivity index is 1.81. The second-order valence-electron chi connectivity index (χ2n) is 8.17. The van der Waals surface area contributed by atoms with E-state index in [1.165, 1.54) is 0 Å². The summed E-state index contributed by atoms with van der Waals surface area (Å²) in [5, 5.41) is 6.93. The Morgan fingerprint density at radius 1 is 1.29 bits per heavy atom. The van der Waals surface area contributed by atoms with Gasteiger partial charge in [-0.15, -0.1) is 0 Å². The van der Waals surface area contributed by atoms with E-state index in [0.717, 1.165) is 0 Å². The summed E-state index contributed by atoms with van der Waals surface area (Å²) in [6.07, 6.45) is 0. The van der Waals surface area contributed by atoms with Gasteiger partial charge in [0.1, 0.15) is 17.0 Å². The molecular formula is C21H27N3O4. The number of amides is 2. The van der Waals surface area contributed by atoms with Crippen molar-refractivity contribution in [1.29, 1.82) is 0 Å². The molecule has 2 amide bonds. The van der Waals surface area contributed by atoms with Gasteiger partial charge in [0.05, 0.1) is 19.3 Å². The van der Waals surface area contributed by atoms with E-state index >= 15 is 0 Å². The molecular weight excluding hydrogens is 358 g/mol. The molecule has 1 N–H and O–H groups in total. The van der Waals surface area contributed by atoms with Crippen LogP contribution in [0.15, 0.2) is 28.8 Å². The smallest absolute Gasteiger partial charge is 0.261 e. The molecule has 28 heavy (non-hydrogen) atoms. The molecule has 1 aliphatic rings. The molecule has 0 aliphatic carbocycles. The number of hydrogen-bond donors (Lipinski definition) is 1. The van der Waals surface area contributed by atoms with E-state index in [9.17, 15) is 9.59 Å². The minimum absolute atomic E-state index is 0.0218. The molecule has 1 aliphatic heterocycles. The van der Waals surface area contributed by atoms with Crippen molar-refractivity contribution in [3.63, 3.8) is 0 Å². The third-order valence-corrected chi connectivity index (χ3v) is 4.80. The maximum Gasteiger partial charge on any atom is 0.261 e. The highest BCUT2D eigenvalue weighted by atomic mass is 16.5. The van der Waals surface area contributed by atoms with Crippen molar-refractivity contribution >= 4 is 17.5 Å². The highest BCUT2D eigenvalue weighted by Gasteiger charge is 2.29. The maximum absolute atomic E-state index is 12.9. The fraction of sp³-hybridized carbons (Fsp3) is 0.476. The molecule has 7 heteroatoms. The van der Waals surface area contributed by atoms with Crippen LogP contribution < -0.4 is 5.32 Å². The molecule has 1 unspecified atom stereocenters. The first-order valence-corrected chi connectivity index (χ1v) is 9.45. The number of morpholine rings is 1. The Kier molecular flexibility index (Phi) is 5.56. The molecule has 0 saturated carbocycles. The van der Waals surface area contributed by atoms with Crippen molar-refractivity contribution in [2.24, 2.45) is 0 Å². The minimum atomic E-state index is -0.325. The zero-order valence-electron chi connectivity index (χ0n) is 17.0. The topological polar surface area (TPSA) is 84.7 Å². The van der Waals surface area contributed by atoms with Gasteiger partial charge in [0, 0.05) is 23.2 Å². The predicted octanol–water partition coefficient (Wildman–Crippen LogP) is 3.39. The van der Waals surface area contributed by atoms with Crippen LogP contribution in [-0.2, 0) is 10.2 Å². The van der Waals surface area contributed by atoms with Crippen molar-refractivity contribution in [3.05, 3.63) is 46.8 Å². The zero-order chi connectivity index (χ0) is 20.5. The van der Waals surface area contributed by atoms with Gasteiger partial charge in [0.25, 0.3) is 11.8 Å². The van der Waals surface area contributed by atoms with E-state index < -0.39 is 0 Å². The average molecular weight is 385 g/mol. The van der Waals surface area contributed by atoms with Crippen LogP contribution in [0.25, 0.3) is 0 Å². The lowest BCUT2D eigenvalue weighted by molar-refractivity contribution is 0.00359. The molecule has 1 fully saturated rings. The fourth-order valence-corrected chi connectivity index (χ4v) is 3.27. The number of nitrogens with one attached hydrogen (secondary N) is 1. The molecule has 1 aromatic heterocycles. The van der Waals surface area contributed by atoms with Gasteiger partial charge in [-0.25, -0.2) is 0 Å². The van der Waals surface area contributed by atoms with Gasteiger partial charge in [-0.2, -0.15) is 0 Å². The van der Waals surface area contributed by atoms with E-state index in [-0.39, 0.29) is 23.3 Å². The molecule has 0 bridgehead atoms. The van der Waals surface area contributed by atoms with Gasteiger partial charge < -0.3 is 19.5 Å². The highest BCUT2D eigenvalue weighted by molar-refractivity contribution is 6.06. The quantitative estimate of drug-likeness (QED) is 0.875. The molecule has 3 rings (SSSR count). The van der Waals surface area contributed by atoms with Crippen LogP contribution >= 0.6 is 0 Å². The standard InChI is InChI=1S/C21H27N3O4/c1-13-12-27-10-9-24(13)20(26)15-7-6-8-16(11-15)22-19(25)17-14(2)28-23-18(17)21(3,4)5/h6-8,11,13H,9-10,12H2,1-5H3,(H,22,25). The molecule has 1 aromatic carbocycles. The van der Waals surface area contributed by atoms with E-state index in [1.807, 2.05) is 27.7 Å². The third kappa shape index (κ3) is 4.09. The molecule has 0 radical (unpaired) electrons. The first-order chi connectivity index (χ1) is 13.2. The van der Waals surface area contributed by atoms with Crippen LogP contribution in [0.1, 0.15) is 59.9 Å². The summed E-state index contributed by atoms with van der Waals surface area (Å²) < 4.78 is 10.7. The summed E-state index contributed by atoms with van der Waals surface area (Å²) in [6, 6.07) is 7.00. The van der Waals surface area contributed by atoms with E-state index in [1.54, 1.807) is 36.1 Å². The van der Waals surface area contributed by atoms with Gasteiger partial charge in [-0.3, -0.25) is 9.59 Å². The molecule has 2 aromatic rings. The first kappa shape index (κ1) is 20.1. The Hall–Kier alpha value is -2.67. The van der Waals surface area contributed by atoms with Crippen molar-refractivity contribution in [2.45, 2.75) is 46.1 Å². The van der Waals surface area contributed by atoms with Crippen LogP contribution in [0.2, 0.25) is 0 Å². The van der Waals surface area contributed by atoms with Crippen LogP contribution in [0.4, 0.5) is 5.69 Å². The number of ether oxygens (including phenoxy) is 1. The van der Waals surface area contributed by atoms with Crippen LogP contribution in [0, 0.1) is 6.92 Å². The summed E-state index contributed by atoms with van der Waals surface area (Å²) in [7, 11) is 0. The molecule has 150 valence electrons. The normalized spacial score (nSPS) is 17.5. The monoisotopic (exact) mass is 385 g/mol. The summed E-state index contributed by atoms with van der Waals surface area (Å²) in [4.78, 5) is 27.5. The summed E-state index contributed by atoms with van der Waals surface area (Å²) in [5.74, 6) is 0.105. The third-order valence-electron chi connectivity index (χ3n) is 4.80. The van der Waals surface area contributed by atoms with Crippen LogP contribution in [0.5, 0.6) is 0 Å². The van der Waals surface area contributed by atoms with Gasteiger partial charge in [-0.05, 0) is 32.0 Å². The van der Waals surface area contributed by atoms with Crippen molar-refractivity contribution in [3.8, 4) is 0 Å². The first-order valence-electron chi connectivity index (χ1n) is 9.45. The van der Waals surface area contributed by atoms with E-state index in [2.05, 4.69) is 10.5 Å². The largest absolute Gasteiger partial charge is 0.377 e. The number of rotatable bonds is 3. The second-order valence-corrected chi connectivity index (χ2v) is 8.17. The Morgan fingerprint density at radius 3 is 2.71 bits per heavy atom. The number of aryl methyl sites for hydroxylation is 1. The SMILES string of the molecule is Cc1onc(C(C)(C)C)c1C(=O)Nc1cccc(C(=O)N2CCOCC2C)c1. The number of nitrogens with zero attached hydrogens (tertiary/aromatic N) is 2. The van der Waals surface area contributed by atoms with E-state index in [4.69, 9.17) is 9.26 Å². The van der Waals surface area contributed by atoms with Gasteiger partial charge in [0.15, 0.2) is 0 Å². The number of carbonyl (C=O) groups is 2. The number of hydrogen-bond acceptors (Lipinski definition) is 5. The fourth-order valence-electron chi connectivity index (χ4n) is 3.27. The summed E-state index contributed by atoms with van der Waals surface area (Å²) in [6.45, 7) is 11.2. The van der Waals surface area contributed by atoms with Crippen molar-refractivity contribution in [2.75, 3.05) is 25.1 Å². The lowest BCUT2D eigenvalue weighted by atomic mass is 9.88. The highest BCUT2D eigenvalue weighted by Crippen LogP contribution is 2.28. The molecule has 1 atom stereocenters. The number of benzene rings is 1. The molecule has 7 nitrogen and oxygen atoms in total. The lowest BCUT2D eigenvalue weighted by Crippen LogP contribution is -2.47. The minimum Gasteiger partial charge on any atom is -0.377 e. The van der Waals surface area contributed by atoms with Crippen molar-refractivity contribution < 1.29 is 18.8 Å². The maximum atomic E-state index is 12.9. The lowest BCUT2D eigenvalue weighted by Gasteiger charge is -2.33. The van der Waals surface area contributed by atoms with Crippen molar-refractivity contribution in [1.82, 2.24) is 10.1 Å². The average Bonchev–Trinajstić information content (AvgIpc) is 3.04. The number of anilines is 1. The Bertz CT molecular complexity index is 882. The molecule has 0 spiro atoms. The molecule has 1 saturated heterocycles. The second kappa shape index (κ2) is 7.75. The zero-order valence-corrected chi connectivity index (χ0v) is 17.0. The predicted molar refractivity (Wildman–Crippen MR) is 106 cm³/mol. The Morgan fingerprint density at radius 2 is 2.04 bits per heavy atom. The number of carbonyl (C=O) groups excluding carboxylic acids is 2. The van der Waals surface area contributed by atoms with E-state index in [0.29, 0.717) is 48.0 Å². The van der Waals surface area contributed by atoms with Gasteiger partial charge in [0.2, 0.25) is 0 Å². The van der Waals surface area contributed by atoms with Crippen LogP contribution in [-0.4, -0.2) is 47.7 Å². The summed E-state index contributed by atoms with van der Waals surface area (Å²) >= 11 is 0. The van der Waals surface area contributed by atoms with Crippen LogP contribution in [0.3, 0.4) is 0 Å². The van der Waals surface area contributed by atoms with Gasteiger partial charge in [-0.1, -0.05) is 32.0 Å². The number of aromatic nitrogens is 1. The summed E-state index contributed by atoms with van der Waals surface area (Å²) in [5.41, 5.74) is 1.80. The Labute approximate surface area is 165 Å².